The second-order valence-electron chi connectivity index (χ2n) is 4.51. The summed E-state index contributed by atoms with van der Waals surface area (Å²) in [7, 11) is 0. The van der Waals surface area contributed by atoms with Gasteiger partial charge in [-0.05, 0) is 18.1 Å². The molecule has 2 amide bonds. The maximum Gasteiger partial charge on any atom is 0.315 e. The first kappa shape index (κ1) is 12.2. The molecule has 2 saturated heterocycles. The number of β-lactam (4-membered cyclic amide) rings is 1. The van der Waals surface area contributed by atoms with E-state index < -0.39 is 34.0 Å². The summed E-state index contributed by atoms with van der Waals surface area (Å²) in [5.74, 6) is -1.44. The lowest BCUT2D eigenvalue weighted by molar-refractivity contribution is -0.158. The minimum Gasteiger partial charge on any atom is -0.615 e. The first-order chi connectivity index (χ1) is 7.90. The Morgan fingerprint density at radius 3 is 2.94 bits per heavy atom. The number of hydrogen-bond acceptors (Lipinski definition) is 4. The molecule has 17 heavy (non-hydrogen) atoms. The van der Waals surface area contributed by atoms with Gasteiger partial charge in [-0.15, -0.1) is 0 Å². The number of amides is 2. The molecule has 2 fully saturated rings. The molecule has 0 spiro atoms. The van der Waals surface area contributed by atoms with E-state index in [-0.39, 0.29) is 18.2 Å². The van der Waals surface area contributed by atoms with Crippen molar-refractivity contribution in [3.63, 3.8) is 0 Å². The maximum atomic E-state index is 11.9. The molecule has 3 unspecified atom stereocenters. The van der Waals surface area contributed by atoms with Crippen LogP contribution < -0.4 is 5.32 Å². The van der Waals surface area contributed by atoms with Crippen molar-refractivity contribution in [1.82, 2.24) is 10.2 Å². The Balaban J connectivity index is 2.17. The predicted octanol–water partition coefficient (Wildman–Crippen LogP) is -1.88. The summed E-state index contributed by atoms with van der Waals surface area (Å²) in [6.07, 6.45) is 0.391. The van der Waals surface area contributed by atoms with Crippen molar-refractivity contribution in [2.45, 2.75) is 18.3 Å². The number of carboxylic acids is 1. The lowest BCUT2D eigenvalue weighted by atomic mass is 9.90. The number of rotatable bonds is 3. The van der Waals surface area contributed by atoms with Crippen LogP contribution in [-0.2, 0) is 25.6 Å². The van der Waals surface area contributed by atoms with Crippen LogP contribution in [0.4, 0.5) is 0 Å². The van der Waals surface area contributed by atoms with Gasteiger partial charge < -0.3 is 15.0 Å². The molecule has 0 aliphatic carbocycles. The molecular formula is C9H12N2O5S. The summed E-state index contributed by atoms with van der Waals surface area (Å²) < 4.78 is 11.9. The molecule has 0 aromatic rings. The summed E-state index contributed by atoms with van der Waals surface area (Å²) in [5.41, 5.74) is -1.18. The fourth-order valence-corrected chi connectivity index (χ4v) is 4.14. The van der Waals surface area contributed by atoms with E-state index >= 15 is 0 Å². The first-order valence-corrected chi connectivity index (χ1v) is 6.40. The topological polar surface area (TPSA) is 110 Å². The van der Waals surface area contributed by atoms with Crippen molar-refractivity contribution in [3.05, 3.63) is 0 Å². The van der Waals surface area contributed by atoms with E-state index in [0.717, 1.165) is 0 Å². The van der Waals surface area contributed by atoms with Gasteiger partial charge >= 0.3 is 5.97 Å². The summed E-state index contributed by atoms with van der Waals surface area (Å²) in [5, 5.41) is 10.8. The van der Waals surface area contributed by atoms with Crippen LogP contribution >= 0.6 is 0 Å². The Bertz CT molecular complexity index is 390. The average Bonchev–Trinajstić information content (AvgIpc) is 2.25. The number of carbonyl (C=O) groups is 3. The van der Waals surface area contributed by atoms with Crippen molar-refractivity contribution >= 4 is 29.5 Å². The Labute approximate surface area is 100 Å². The molecule has 2 aliphatic rings. The van der Waals surface area contributed by atoms with Crippen molar-refractivity contribution in [1.29, 1.82) is 0 Å². The van der Waals surface area contributed by atoms with Gasteiger partial charge in [0.05, 0.1) is 0 Å². The monoisotopic (exact) mass is 260 g/mol. The Hall–Kier alpha value is -1.28. The minimum atomic E-state index is -1.47. The molecule has 94 valence electrons. The van der Waals surface area contributed by atoms with E-state index in [4.69, 9.17) is 5.11 Å². The second-order valence-corrected chi connectivity index (χ2v) is 6.04. The maximum absolute atomic E-state index is 11.9. The highest BCUT2D eigenvalue weighted by Gasteiger charge is 2.62. The van der Waals surface area contributed by atoms with Gasteiger partial charge in [-0.1, -0.05) is 0 Å². The number of fused-ring (bicyclic) bond motifs is 1. The molecule has 2 heterocycles. The van der Waals surface area contributed by atoms with Gasteiger partial charge in [0.2, 0.25) is 11.8 Å². The van der Waals surface area contributed by atoms with E-state index in [2.05, 4.69) is 5.32 Å². The van der Waals surface area contributed by atoms with Gasteiger partial charge in [-0.3, -0.25) is 19.3 Å². The van der Waals surface area contributed by atoms with Crippen LogP contribution in [0.3, 0.4) is 0 Å². The van der Waals surface area contributed by atoms with E-state index in [0.29, 0.717) is 6.41 Å². The number of carbonyl (C=O) groups excluding carboxylic acids is 2. The van der Waals surface area contributed by atoms with Crippen LogP contribution in [0.1, 0.15) is 6.92 Å². The first-order valence-electron chi connectivity index (χ1n) is 5.01. The third-order valence-electron chi connectivity index (χ3n) is 3.15. The second kappa shape index (κ2) is 3.88. The fraction of sp³-hybridized carbons (Fsp3) is 0.667. The number of aliphatic carboxylic acids is 1. The molecular weight excluding hydrogens is 248 g/mol. The zero-order valence-corrected chi connectivity index (χ0v) is 9.90. The van der Waals surface area contributed by atoms with Gasteiger partial charge in [0, 0.05) is 6.54 Å². The van der Waals surface area contributed by atoms with Crippen molar-refractivity contribution < 1.29 is 24.0 Å². The normalized spacial score (nSPS) is 40.2. The summed E-state index contributed by atoms with van der Waals surface area (Å²) in [4.78, 5) is 34.3. The number of carboxylic acid groups (broad SMARTS) is 1. The third kappa shape index (κ3) is 1.67. The molecule has 2 rings (SSSR count). The van der Waals surface area contributed by atoms with Crippen molar-refractivity contribution in [2.24, 2.45) is 5.41 Å². The van der Waals surface area contributed by atoms with Crippen LogP contribution in [0.15, 0.2) is 0 Å². The van der Waals surface area contributed by atoms with Crippen LogP contribution in [0, 0.1) is 5.41 Å². The molecule has 0 bridgehead atoms. The predicted molar refractivity (Wildman–Crippen MR) is 57.2 cm³/mol. The summed E-state index contributed by atoms with van der Waals surface area (Å²) in [6.45, 7) is 1.51. The highest BCUT2D eigenvalue weighted by Crippen LogP contribution is 2.37. The van der Waals surface area contributed by atoms with Gasteiger partial charge in [-0.2, -0.15) is 0 Å². The quantitative estimate of drug-likeness (QED) is 0.351. The Kier molecular flexibility index (Phi) is 2.78. The fourth-order valence-electron chi connectivity index (χ4n) is 2.16. The molecule has 2 aliphatic heterocycles. The van der Waals surface area contributed by atoms with Crippen molar-refractivity contribution in [2.75, 3.05) is 12.3 Å². The van der Waals surface area contributed by atoms with Crippen molar-refractivity contribution in [3.8, 4) is 0 Å². The zero-order valence-electron chi connectivity index (χ0n) is 9.08. The standard InChI is InChI=1S/C9H12N2O5S/c1-9(8(14)15)2-11-6(13)5(10-4-12)7(11)17(16)3-9/h4-5,7H,2-3H2,1H3,(H,10,12)(H,14,15)/t5?,7-,9?,17?/m1/s1. The summed E-state index contributed by atoms with van der Waals surface area (Å²) >= 11 is -1.47. The molecule has 0 aromatic carbocycles. The van der Waals surface area contributed by atoms with Crippen LogP contribution in [0.2, 0.25) is 0 Å². The van der Waals surface area contributed by atoms with Crippen LogP contribution in [-0.4, -0.2) is 56.6 Å². The van der Waals surface area contributed by atoms with E-state index in [9.17, 15) is 18.9 Å². The molecule has 4 atom stereocenters. The minimum absolute atomic E-state index is 0.00613. The number of hydrogen-bond donors (Lipinski definition) is 2. The molecule has 0 aromatic heterocycles. The largest absolute Gasteiger partial charge is 0.615 e. The highest BCUT2D eigenvalue weighted by molar-refractivity contribution is 7.92. The smallest absolute Gasteiger partial charge is 0.315 e. The van der Waals surface area contributed by atoms with E-state index in [1.807, 2.05) is 0 Å². The lowest BCUT2D eigenvalue weighted by Crippen LogP contribution is -2.77. The lowest BCUT2D eigenvalue weighted by Gasteiger charge is -2.52. The van der Waals surface area contributed by atoms with Crippen LogP contribution in [0.5, 0.6) is 0 Å². The Morgan fingerprint density at radius 1 is 1.76 bits per heavy atom. The zero-order chi connectivity index (χ0) is 12.8. The van der Waals surface area contributed by atoms with Gasteiger partial charge in [0.15, 0.2) is 6.04 Å². The van der Waals surface area contributed by atoms with Gasteiger partial charge in [0.1, 0.15) is 11.2 Å². The molecule has 7 nitrogen and oxygen atoms in total. The van der Waals surface area contributed by atoms with E-state index in [1.54, 1.807) is 0 Å². The molecule has 2 N–H and O–H groups in total. The van der Waals surface area contributed by atoms with Gasteiger partial charge in [0.25, 0.3) is 5.91 Å². The Morgan fingerprint density at radius 2 is 2.41 bits per heavy atom. The number of nitrogens with one attached hydrogen (secondary N) is 1. The molecule has 8 heteroatoms. The highest BCUT2D eigenvalue weighted by atomic mass is 32.2. The third-order valence-corrected chi connectivity index (χ3v) is 5.14. The van der Waals surface area contributed by atoms with E-state index in [1.165, 1.54) is 11.8 Å². The number of nitrogens with zero attached hydrogens (tertiary/aromatic N) is 1. The van der Waals surface area contributed by atoms with Crippen LogP contribution in [0.25, 0.3) is 0 Å². The molecule has 0 radical (unpaired) electrons. The average molecular weight is 260 g/mol. The van der Waals surface area contributed by atoms with Gasteiger partial charge in [-0.25, -0.2) is 0 Å². The summed E-state index contributed by atoms with van der Waals surface area (Å²) in [6, 6.07) is -0.772. The molecule has 0 saturated carbocycles. The SMILES string of the molecule is CC1(C(=O)O)CN2C(=O)C(NC=O)[C@H]2[S+]([O-])C1.